The predicted octanol–water partition coefficient (Wildman–Crippen LogP) is 2.91. The van der Waals surface area contributed by atoms with Crippen molar-refractivity contribution in [2.24, 2.45) is 5.92 Å². The molecule has 2 saturated heterocycles. The van der Waals surface area contributed by atoms with Gasteiger partial charge in [0.15, 0.2) is 0 Å². The number of non-ortho nitro benzene ring substituents is 1. The summed E-state index contributed by atoms with van der Waals surface area (Å²) >= 11 is 0. The van der Waals surface area contributed by atoms with E-state index < -0.39 is 4.92 Å². The van der Waals surface area contributed by atoms with Gasteiger partial charge in [-0.25, -0.2) is 0 Å². The SMILES string of the molecule is Cc1cccc(N2CC(C(=O)N3CCN(c4ccc([N+](=O)[O-])cc4)CC3)CC2=O)c1C. The van der Waals surface area contributed by atoms with Crippen molar-refractivity contribution < 1.29 is 14.5 Å². The molecule has 2 aliphatic heterocycles. The number of nitro groups is 1. The average Bonchev–Trinajstić information content (AvgIpc) is 3.16. The smallest absolute Gasteiger partial charge is 0.269 e. The van der Waals surface area contributed by atoms with Crippen molar-refractivity contribution in [3.05, 3.63) is 63.7 Å². The molecule has 0 bridgehead atoms. The van der Waals surface area contributed by atoms with Crippen LogP contribution in [0.1, 0.15) is 17.5 Å². The lowest BCUT2D eigenvalue weighted by Gasteiger charge is -2.37. The number of benzene rings is 2. The third kappa shape index (κ3) is 4.10. The fraction of sp³-hybridized carbons (Fsp3) is 0.391. The van der Waals surface area contributed by atoms with Crippen LogP contribution < -0.4 is 9.80 Å². The number of rotatable bonds is 4. The fourth-order valence-electron chi connectivity index (χ4n) is 4.36. The van der Waals surface area contributed by atoms with Crippen LogP contribution in [0.5, 0.6) is 0 Å². The number of piperazine rings is 1. The summed E-state index contributed by atoms with van der Waals surface area (Å²) in [5, 5.41) is 10.8. The number of carbonyl (C=O) groups is 2. The number of hydrogen-bond donors (Lipinski definition) is 0. The molecule has 8 nitrogen and oxygen atoms in total. The zero-order valence-electron chi connectivity index (χ0n) is 17.8. The van der Waals surface area contributed by atoms with Crippen LogP contribution in [-0.4, -0.2) is 54.4 Å². The van der Waals surface area contributed by atoms with Crippen molar-refractivity contribution in [1.29, 1.82) is 0 Å². The molecule has 2 aliphatic rings. The summed E-state index contributed by atoms with van der Waals surface area (Å²) in [6.45, 7) is 6.91. The van der Waals surface area contributed by atoms with E-state index in [9.17, 15) is 19.7 Å². The normalized spacial score (nSPS) is 19.1. The number of hydrogen-bond acceptors (Lipinski definition) is 5. The maximum absolute atomic E-state index is 13.1. The highest BCUT2D eigenvalue weighted by Crippen LogP contribution is 2.30. The van der Waals surface area contributed by atoms with Gasteiger partial charge in [0, 0.05) is 62.7 Å². The monoisotopic (exact) mass is 422 g/mol. The van der Waals surface area contributed by atoms with Gasteiger partial charge in [0.05, 0.1) is 10.8 Å². The molecule has 0 saturated carbocycles. The van der Waals surface area contributed by atoms with E-state index in [0.717, 1.165) is 22.5 Å². The van der Waals surface area contributed by atoms with E-state index in [4.69, 9.17) is 0 Å². The Hall–Kier alpha value is -3.42. The van der Waals surface area contributed by atoms with Crippen LogP contribution in [0.3, 0.4) is 0 Å². The van der Waals surface area contributed by atoms with E-state index in [1.165, 1.54) is 12.1 Å². The van der Waals surface area contributed by atoms with E-state index in [0.29, 0.717) is 32.7 Å². The standard InChI is InChI=1S/C23H26N4O4/c1-16-4-3-5-21(17(16)2)26-15-18(14-22(26)28)23(29)25-12-10-24(11-13-25)19-6-8-20(9-7-19)27(30)31/h3-9,18H,10-15H2,1-2H3. The van der Waals surface area contributed by atoms with Gasteiger partial charge >= 0.3 is 0 Å². The Morgan fingerprint density at radius 3 is 2.35 bits per heavy atom. The summed E-state index contributed by atoms with van der Waals surface area (Å²) in [7, 11) is 0. The maximum Gasteiger partial charge on any atom is 0.269 e. The Balaban J connectivity index is 1.37. The molecule has 4 rings (SSSR count). The van der Waals surface area contributed by atoms with Crippen LogP contribution in [0, 0.1) is 29.9 Å². The van der Waals surface area contributed by atoms with Gasteiger partial charge in [-0.2, -0.15) is 0 Å². The topological polar surface area (TPSA) is 87.0 Å². The molecule has 2 heterocycles. The van der Waals surface area contributed by atoms with Crippen LogP contribution in [0.15, 0.2) is 42.5 Å². The first-order valence-corrected chi connectivity index (χ1v) is 10.5. The molecule has 0 aliphatic carbocycles. The lowest BCUT2D eigenvalue weighted by molar-refractivity contribution is -0.384. The minimum absolute atomic E-state index is 0.00318. The van der Waals surface area contributed by atoms with Crippen molar-refractivity contribution in [2.45, 2.75) is 20.3 Å². The van der Waals surface area contributed by atoms with Gasteiger partial charge in [-0.1, -0.05) is 12.1 Å². The predicted molar refractivity (Wildman–Crippen MR) is 118 cm³/mol. The highest BCUT2D eigenvalue weighted by Gasteiger charge is 2.38. The molecule has 31 heavy (non-hydrogen) atoms. The lowest BCUT2D eigenvalue weighted by Crippen LogP contribution is -2.50. The van der Waals surface area contributed by atoms with Crippen LogP contribution in [0.2, 0.25) is 0 Å². The molecule has 1 atom stereocenters. The number of amides is 2. The van der Waals surface area contributed by atoms with Crippen LogP contribution >= 0.6 is 0 Å². The average molecular weight is 422 g/mol. The Labute approximate surface area is 181 Å². The molecule has 2 aromatic rings. The second-order valence-electron chi connectivity index (χ2n) is 8.21. The summed E-state index contributed by atoms with van der Waals surface area (Å²) in [5.74, 6) is -0.292. The van der Waals surface area contributed by atoms with Crippen molar-refractivity contribution in [1.82, 2.24) is 4.90 Å². The largest absolute Gasteiger partial charge is 0.368 e. The quantitative estimate of drug-likeness (QED) is 0.559. The van der Waals surface area contributed by atoms with Crippen molar-refractivity contribution in [2.75, 3.05) is 42.5 Å². The van der Waals surface area contributed by atoms with E-state index in [1.54, 1.807) is 17.0 Å². The van der Waals surface area contributed by atoms with Gasteiger partial charge in [0.25, 0.3) is 5.69 Å². The Morgan fingerprint density at radius 2 is 1.71 bits per heavy atom. The first kappa shape index (κ1) is 20.8. The van der Waals surface area contributed by atoms with E-state index in [2.05, 4.69) is 4.90 Å². The summed E-state index contributed by atoms with van der Waals surface area (Å²) in [5.41, 5.74) is 4.07. The molecule has 2 fully saturated rings. The molecule has 0 N–H and O–H groups in total. The zero-order valence-corrected chi connectivity index (χ0v) is 17.8. The number of nitro benzene ring substituents is 1. The van der Waals surface area contributed by atoms with E-state index in [-0.39, 0.29) is 29.8 Å². The van der Waals surface area contributed by atoms with Gasteiger partial charge in [-0.05, 0) is 43.2 Å². The first-order valence-electron chi connectivity index (χ1n) is 10.5. The number of nitrogens with zero attached hydrogens (tertiary/aromatic N) is 4. The maximum atomic E-state index is 13.1. The number of aryl methyl sites for hydroxylation is 1. The molecule has 162 valence electrons. The minimum atomic E-state index is -0.412. The van der Waals surface area contributed by atoms with Crippen LogP contribution in [0.4, 0.5) is 17.1 Å². The van der Waals surface area contributed by atoms with Crippen molar-refractivity contribution >= 4 is 28.9 Å². The highest BCUT2D eigenvalue weighted by molar-refractivity contribution is 6.01. The summed E-state index contributed by atoms with van der Waals surface area (Å²) < 4.78 is 0. The molecule has 2 aromatic carbocycles. The Bertz CT molecular complexity index is 1010. The third-order valence-electron chi connectivity index (χ3n) is 6.36. The first-order chi connectivity index (χ1) is 14.8. The van der Waals surface area contributed by atoms with Gasteiger partial charge in [-0.3, -0.25) is 19.7 Å². The highest BCUT2D eigenvalue weighted by atomic mass is 16.6. The van der Waals surface area contributed by atoms with Gasteiger partial charge in [0.2, 0.25) is 11.8 Å². The Morgan fingerprint density at radius 1 is 1.03 bits per heavy atom. The van der Waals surface area contributed by atoms with E-state index in [1.807, 2.05) is 36.9 Å². The molecule has 8 heteroatoms. The minimum Gasteiger partial charge on any atom is -0.368 e. The molecule has 1 unspecified atom stereocenters. The molecule has 0 spiro atoms. The van der Waals surface area contributed by atoms with Gasteiger partial charge < -0.3 is 14.7 Å². The van der Waals surface area contributed by atoms with Crippen LogP contribution in [-0.2, 0) is 9.59 Å². The summed E-state index contributed by atoms with van der Waals surface area (Å²) in [6, 6.07) is 12.4. The van der Waals surface area contributed by atoms with Crippen molar-refractivity contribution in [3.63, 3.8) is 0 Å². The van der Waals surface area contributed by atoms with Gasteiger partial charge in [0.1, 0.15) is 0 Å². The summed E-state index contributed by atoms with van der Waals surface area (Å²) in [6.07, 6.45) is 0.245. The molecule has 2 amide bonds. The number of carbonyl (C=O) groups excluding carboxylic acids is 2. The zero-order chi connectivity index (χ0) is 22.1. The summed E-state index contributed by atoms with van der Waals surface area (Å²) in [4.78, 5) is 41.9. The van der Waals surface area contributed by atoms with Gasteiger partial charge in [-0.15, -0.1) is 0 Å². The molecular formula is C23H26N4O4. The molecular weight excluding hydrogens is 396 g/mol. The second kappa shape index (κ2) is 8.37. The fourth-order valence-corrected chi connectivity index (χ4v) is 4.36. The van der Waals surface area contributed by atoms with E-state index >= 15 is 0 Å². The second-order valence-corrected chi connectivity index (χ2v) is 8.21. The third-order valence-corrected chi connectivity index (χ3v) is 6.36. The Kier molecular flexibility index (Phi) is 5.63. The lowest BCUT2D eigenvalue weighted by atomic mass is 10.1. The van der Waals surface area contributed by atoms with Crippen molar-refractivity contribution in [3.8, 4) is 0 Å². The molecule has 0 aromatic heterocycles. The number of anilines is 2. The van der Waals surface area contributed by atoms with Crippen LogP contribution in [0.25, 0.3) is 0 Å². The molecule has 0 radical (unpaired) electrons.